The highest BCUT2D eigenvalue weighted by atomic mass is 32.1. The molecule has 4 nitrogen and oxygen atoms in total. The number of carbonyl (C=O) groups excluding carboxylic acids is 1. The molecular formula is C15H23N3OS. The van der Waals surface area contributed by atoms with Crippen LogP contribution < -0.4 is 5.32 Å². The lowest BCUT2D eigenvalue weighted by atomic mass is 9.81. The minimum Gasteiger partial charge on any atom is -0.333 e. The van der Waals surface area contributed by atoms with Gasteiger partial charge in [-0.05, 0) is 46.1 Å². The Bertz CT molecular complexity index is 501. The molecule has 2 saturated heterocycles. The predicted octanol–water partition coefficient (Wildman–Crippen LogP) is 2.59. The van der Waals surface area contributed by atoms with Gasteiger partial charge in [0, 0.05) is 18.1 Å². The van der Waals surface area contributed by atoms with Gasteiger partial charge < -0.3 is 10.2 Å². The number of nitrogens with one attached hydrogen (secondary N) is 1. The number of aromatic nitrogens is 1. The van der Waals surface area contributed by atoms with Crippen molar-refractivity contribution in [2.24, 2.45) is 0 Å². The molecule has 2 aliphatic rings. The van der Waals surface area contributed by atoms with E-state index in [1.165, 1.54) is 30.6 Å². The number of aryl methyl sites for hydroxylation is 1. The van der Waals surface area contributed by atoms with Crippen LogP contribution in [-0.4, -0.2) is 40.5 Å². The molecule has 2 fully saturated rings. The number of fused-ring (bicyclic) bond motifs is 1. The number of thiazole rings is 1. The van der Waals surface area contributed by atoms with Gasteiger partial charge in [0.15, 0.2) is 0 Å². The molecule has 0 radical (unpaired) electrons. The average Bonchev–Trinajstić information content (AvgIpc) is 2.75. The van der Waals surface area contributed by atoms with Crippen molar-refractivity contribution in [3.05, 3.63) is 16.1 Å². The number of nitrogens with zero attached hydrogens (tertiary/aromatic N) is 2. The molecule has 3 rings (SSSR count). The number of hydrogen-bond donors (Lipinski definition) is 1. The Kier molecular flexibility index (Phi) is 3.82. The van der Waals surface area contributed by atoms with Gasteiger partial charge in [-0.2, -0.15) is 0 Å². The topological polar surface area (TPSA) is 45.2 Å². The van der Waals surface area contributed by atoms with Crippen LogP contribution in [0.15, 0.2) is 5.51 Å². The Hall–Kier alpha value is -0.940. The maximum atomic E-state index is 12.9. The van der Waals surface area contributed by atoms with Gasteiger partial charge in [0.05, 0.1) is 11.2 Å². The van der Waals surface area contributed by atoms with Gasteiger partial charge in [-0.15, -0.1) is 11.3 Å². The van der Waals surface area contributed by atoms with E-state index in [0.29, 0.717) is 6.04 Å². The lowest BCUT2D eigenvalue weighted by Crippen LogP contribution is -2.62. The van der Waals surface area contributed by atoms with Crippen LogP contribution in [0, 0.1) is 6.92 Å². The van der Waals surface area contributed by atoms with Crippen LogP contribution in [0.25, 0.3) is 0 Å². The van der Waals surface area contributed by atoms with E-state index in [-0.39, 0.29) is 11.4 Å². The van der Waals surface area contributed by atoms with E-state index in [0.717, 1.165) is 36.5 Å². The van der Waals surface area contributed by atoms with Gasteiger partial charge in [-0.3, -0.25) is 4.79 Å². The minimum absolute atomic E-state index is 0.0863. The van der Waals surface area contributed by atoms with Crippen LogP contribution in [-0.2, 0) is 0 Å². The maximum Gasteiger partial charge on any atom is 0.266 e. The van der Waals surface area contributed by atoms with Crippen LogP contribution in [0.3, 0.4) is 0 Å². The van der Waals surface area contributed by atoms with Gasteiger partial charge in [-0.25, -0.2) is 4.98 Å². The summed E-state index contributed by atoms with van der Waals surface area (Å²) in [6.45, 7) is 6.19. The molecule has 0 aliphatic carbocycles. The molecule has 2 atom stereocenters. The molecule has 110 valence electrons. The summed E-state index contributed by atoms with van der Waals surface area (Å²) in [5.74, 6) is 0.185. The van der Waals surface area contributed by atoms with Gasteiger partial charge >= 0.3 is 0 Å². The third-order valence-corrected chi connectivity index (χ3v) is 5.76. The molecule has 0 bridgehead atoms. The standard InChI is InChI=1S/C15H23N3OS/c1-11-13(20-10-16-11)14(19)18-9-5-7-15(2)12(18)6-3-4-8-17-15/h10,12,17H,3-9H2,1-2H3/t12-,15-/m0/s1. The number of hydrogen-bond acceptors (Lipinski definition) is 4. The maximum absolute atomic E-state index is 12.9. The zero-order valence-corrected chi connectivity index (χ0v) is 13.1. The number of likely N-dealkylation sites (tertiary alicyclic amines) is 1. The van der Waals surface area contributed by atoms with Crippen LogP contribution in [0.1, 0.15) is 54.4 Å². The summed E-state index contributed by atoms with van der Waals surface area (Å²) < 4.78 is 0. The van der Waals surface area contributed by atoms with Gasteiger partial charge in [0.2, 0.25) is 0 Å². The Morgan fingerprint density at radius 1 is 1.50 bits per heavy atom. The largest absolute Gasteiger partial charge is 0.333 e. The van der Waals surface area contributed by atoms with Crippen LogP contribution in [0.5, 0.6) is 0 Å². The summed E-state index contributed by atoms with van der Waals surface area (Å²) in [6.07, 6.45) is 5.80. The monoisotopic (exact) mass is 293 g/mol. The van der Waals surface area contributed by atoms with Crippen LogP contribution in [0.2, 0.25) is 0 Å². The van der Waals surface area contributed by atoms with Crippen molar-refractivity contribution in [3.8, 4) is 0 Å². The fraction of sp³-hybridized carbons (Fsp3) is 0.733. The fourth-order valence-electron chi connectivity index (χ4n) is 3.68. The van der Waals surface area contributed by atoms with Gasteiger partial charge in [-0.1, -0.05) is 6.42 Å². The summed E-state index contributed by atoms with van der Waals surface area (Å²) in [5.41, 5.74) is 2.73. The highest BCUT2D eigenvalue weighted by molar-refractivity contribution is 7.11. The predicted molar refractivity (Wildman–Crippen MR) is 81.2 cm³/mol. The van der Waals surface area contributed by atoms with E-state index in [4.69, 9.17) is 0 Å². The fourth-order valence-corrected chi connectivity index (χ4v) is 4.44. The number of rotatable bonds is 1. The van der Waals surface area contributed by atoms with E-state index in [9.17, 15) is 4.79 Å². The Labute approximate surface area is 124 Å². The van der Waals surface area contributed by atoms with Crippen molar-refractivity contribution in [3.63, 3.8) is 0 Å². The minimum atomic E-state index is 0.0863. The second-order valence-corrected chi connectivity index (χ2v) is 7.08. The summed E-state index contributed by atoms with van der Waals surface area (Å²) >= 11 is 1.47. The first kappa shape index (κ1) is 14.0. The van der Waals surface area contributed by atoms with Gasteiger partial charge in [0.25, 0.3) is 5.91 Å². The number of amides is 1. The highest BCUT2D eigenvalue weighted by Gasteiger charge is 2.43. The molecule has 3 heterocycles. The first-order chi connectivity index (χ1) is 9.62. The normalized spacial score (nSPS) is 30.7. The van der Waals surface area contributed by atoms with E-state index >= 15 is 0 Å². The zero-order valence-electron chi connectivity index (χ0n) is 12.3. The summed E-state index contributed by atoms with van der Waals surface area (Å²) in [4.78, 5) is 20.0. The van der Waals surface area contributed by atoms with E-state index in [1.54, 1.807) is 5.51 Å². The SMILES string of the molecule is Cc1ncsc1C(=O)N1CCC[C@]2(C)NCCCC[C@H]12. The molecule has 20 heavy (non-hydrogen) atoms. The molecule has 5 heteroatoms. The van der Waals surface area contributed by atoms with Crippen molar-refractivity contribution in [2.45, 2.75) is 57.5 Å². The first-order valence-corrected chi connectivity index (χ1v) is 8.46. The van der Waals surface area contributed by atoms with Crippen molar-refractivity contribution < 1.29 is 4.79 Å². The molecule has 1 aromatic rings. The molecule has 0 saturated carbocycles. The average molecular weight is 293 g/mol. The highest BCUT2D eigenvalue weighted by Crippen LogP contribution is 2.34. The molecule has 1 aromatic heterocycles. The zero-order chi connectivity index (χ0) is 14.2. The molecule has 2 aliphatic heterocycles. The summed E-state index contributed by atoms with van der Waals surface area (Å²) in [6, 6.07) is 0.327. The first-order valence-electron chi connectivity index (χ1n) is 7.58. The van der Waals surface area contributed by atoms with E-state index < -0.39 is 0 Å². The summed E-state index contributed by atoms with van der Waals surface area (Å²) in [7, 11) is 0. The number of piperidine rings is 1. The van der Waals surface area contributed by atoms with E-state index in [2.05, 4.69) is 22.1 Å². The van der Waals surface area contributed by atoms with Gasteiger partial charge in [0.1, 0.15) is 4.88 Å². The Balaban J connectivity index is 1.88. The van der Waals surface area contributed by atoms with Crippen molar-refractivity contribution >= 4 is 17.2 Å². The van der Waals surface area contributed by atoms with Crippen molar-refractivity contribution in [1.82, 2.24) is 15.2 Å². The van der Waals surface area contributed by atoms with Crippen molar-refractivity contribution in [1.29, 1.82) is 0 Å². The van der Waals surface area contributed by atoms with Crippen molar-refractivity contribution in [2.75, 3.05) is 13.1 Å². The second kappa shape index (κ2) is 5.45. The lowest BCUT2D eigenvalue weighted by molar-refractivity contribution is 0.0383. The van der Waals surface area contributed by atoms with E-state index in [1.807, 2.05) is 6.92 Å². The smallest absolute Gasteiger partial charge is 0.266 e. The molecule has 1 amide bonds. The molecule has 0 unspecified atom stereocenters. The van der Waals surface area contributed by atoms with Crippen LogP contribution in [0.4, 0.5) is 0 Å². The number of carbonyl (C=O) groups is 1. The quantitative estimate of drug-likeness (QED) is 0.865. The third kappa shape index (κ3) is 2.37. The molecular weight excluding hydrogens is 270 g/mol. The summed E-state index contributed by atoms with van der Waals surface area (Å²) in [5, 5.41) is 3.70. The molecule has 0 aromatic carbocycles. The Morgan fingerprint density at radius 2 is 2.35 bits per heavy atom. The lowest BCUT2D eigenvalue weighted by Gasteiger charge is -2.48. The van der Waals surface area contributed by atoms with Crippen LogP contribution >= 0.6 is 11.3 Å². The molecule has 1 N–H and O–H groups in total. The second-order valence-electron chi connectivity index (χ2n) is 6.22. The third-order valence-electron chi connectivity index (χ3n) is 4.84. The molecule has 0 spiro atoms. The Morgan fingerprint density at radius 3 is 3.10 bits per heavy atom.